The highest BCUT2D eigenvalue weighted by atomic mass is 32.2. The second kappa shape index (κ2) is 9.82. The quantitative estimate of drug-likeness (QED) is 0.332. The minimum Gasteiger partial charge on any atom is -0.357 e. The van der Waals surface area contributed by atoms with Crippen LogP contribution >= 0.6 is 0 Å². The Morgan fingerprint density at radius 2 is 1.81 bits per heavy atom. The lowest BCUT2D eigenvalue weighted by Gasteiger charge is -2.12. The Hall–Kier alpha value is -1.03. The number of alkyl halides is 3. The summed E-state index contributed by atoms with van der Waals surface area (Å²) in [5, 5.41) is 5.40. The zero-order valence-corrected chi connectivity index (χ0v) is 13.1. The summed E-state index contributed by atoms with van der Waals surface area (Å²) in [6, 6.07) is 0. The van der Waals surface area contributed by atoms with E-state index in [1.807, 2.05) is 0 Å². The van der Waals surface area contributed by atoms with Gasteiger partial charge in [-0.1, -0.05) is 0 Å². The van der Waals surface area contributed by atoms with Crippen LogP contribution in [0.1, 0.15) is 26.7 Å². The van der Waals surface area contributed by atoms with Crippen molar-refractivity contribution in [3.05, 3.63) is 0 Å². The molecule has 21 heavy (non-hydrogen) atoms. The average Bonchev–Trinajstić information content (AvgIpc) is 2.36. The van der Waals surface area contributed by atoms with Crippen molar-refractivity contribution >= 4 is 16.0 Å². The largest absolute Gasteiger partial charge is 0.390 e. The van der Waals surface area contributed by atoms with Gasteiger partial charge in [0.15, 0.2) is 5.96 Å². The van der Waals surface area contributed by atoms with Crippen LogP contribution in [-0.4, -0.2) is 52.5 Å². The maximum atomic E-state index is 12.0. The molecule has 0 heterocycles. The molecule has 0 fully saturated rings. The number of halogens is 3. The molecule has 0 aliphatic rings. The molecule has 0 spiro atoms. The number of sulfonamides is 1. The van der Waals surface area contributed by atoms with Gasteiger partial charge in [0.2, 0.25) is 10.0 Å². The predicted octanol–water partition coefficient (Wildman–Crippen LogP) is 0.823. The highest BCUT2D eigenvalue weighted by Gasteiger charge is 2.26. The van der Waals surface area contributed by atoms with Crippen LogP contribution in [0.15, 0.2) is 4.99 Å². The molecule has 126 valence electrons. The van der Waals surface area contributed by atoms with Crippen LogP contribution < -0.4 is 15.4 Å². The minimum atomic E-state index is -4.21. The number of rotatable bonds is 9. The first kappa shape index (κ1) is 20.0. The number of guanidine groups is 1. The molecule has 0 saturated heterocycles. The van der Waals surface area contributed by atoms with E-state index in [0.717, 1.165) is 0 Å². The van der Waals surface area contributed by atoms with Gasteiger partial charge in [0.1, 0.15) is 0 Å². The van der Waals surface area contributed by atoms with Gasteiger partial charge in [-0.15, -0.1) is 0 Å². The third-order valence-electron chi connectivity index (χ3n) is 2.35. The average molecular weight is 332 g/mol. The van der Waals surface area contributed by atoms with E-state index in [-0.39, 0.29) is 18.8 Å². The monoisotopic (exact) mass is 332 g/mol. The van der Waals surface area contributed by atoms with Gasteiger partial charge in [-0.3, -0.25) is 4.99 Å². The lowest BCUT2D eigenvalue weighted by Crippen LogP contribution is -2.39. The van der Waals surface area contributed by atoms with Crippen molar-refractivity contribution in [3.8, 4) is 0 Å². The van der Waals surface area contributed by atoms with Crippen LogP contribution in [0, 0.1) is 0 Å². The molecule has 0 rings (SSSR count). The summed E-state index contributed by atoms with van der Waals surface area (Å²) in [5.41, 5.74) is 0. The lowest BCUT2D eigenvalue weighted by molar-refractivity contribution is -0.132. The fourth-order valence-electron chi connectivity index (χ4n) is 1.26. The zero-order chi connectivity index (χ0) is 16.4. The Labute approximate surface area is 123 Å². The van der Waals surface area contributed by atoms with E-state index in [1.165, 1.54) is 6.92 Å². The molecule has 0 aromatic rings. The van der Waals surface area contributed by atoms with Crippen LogP contribution in [0.25, 0.3) is 0 Å². The first-order valence-electron chi connectivity index (χ1n) is 6.76. The molecule has 0 aliphatic carbocycles. The molecular weight excluding hydrogens is 309 g/mol. The lowest BCUT2D eigenvalue weighted by atomic mass is 10.4. The van der Waals surface area contributed by atoms with Gasteiger partial charge in [-0.05, 0) is 20.3 Å². The van der Waals surface area contributed by atoms with Crippen molar-refractivity contribution < 1.29 is 21.6 Å². The second-order valence-electron chi connectivity index (χ2n) is 4.20. The van der Waals surface area contributed by atoms with Gasteiger partial charge in [-0.25, -0.2) is 13.1 Å². The summed E-state index contributed by atoms with van der Waals surface area (Å²) in [6.45, 7) is 4.18. The Balaban J connectivity index is 4.05. The van der Waals surface area contributed by atoms with E-state index in [9.17, 15) is 21.6 Å². The minimum absolute atomic E-state index is 0.0118. The van der Waals surface area contributed by atoms with Gasteiger partial charge >= 0.3 is 6.18 Å². The van der Waals surface area contributed by atoms with Crippen molar-refractivity contribution in [1.29, 1.82) is 0 Å². The van der Waals surface area contributed by atoms with E-state index in [1.54, 1.807) is 6.92 Å². The molecule has 0 aliphatic heterocycles. The molecule has 0 bridgehead atoms. The summed E-state index contributed by atoms with van der Waals surface area (Å²) in [5.74, 6) is 0.304. The first-order chi connectivity index (χ1) is 9.70. The standard InChI is InChI=1S/C11H23F3N4O2S/c1-3-15-10(17-9-6-11(12,13)14)16-7-5-8-18-21(19,20)4-2/h18H,3-9H2,1-2H3,(H2,15,16,17). The number of hydrogen-bond acceptors (Lipinski definition) is 3. The zero-order valence-electron chi connectivity index (χ0n) is 12.3. The van der Waals surface area contributed by atoms with E-state index >= 15 is 0 Å². The van der Waals surface area contributed by atoms with Crippen molar-refractivity contribution in [1.82, 2.24) is 15.4 Å². The summed E-state index contributed by atoms with van der Waals surface area (Å²) in [4.78, 5) is 4.07. The molecule has 3 N–H and O–H groups in total. The summed E-state index contributed by atoms with van der Waals surface area (Å²) >= 11 is 0. The van der Waals surface area contributed by atoms with E-state index < -0.39 is 22.6 Å². The molecule has 0 aromatic heterocycles. The third kappa shape index (κ3) is 12.4. The van der Waals surface area contributed by atoms with Gasteiger partial charge in [-0.2, -0.15) is 13.2 Å². The highest BCUT2D eigenvalue weighted by Crippen LogP contribution is 2.17. The summed E-state index contributed by atoms with van der Waals surface area (Å²) < 4.78 is 60.8. The van der Waals surface area contributed by atoms with Crippen molar-refractivity contribution in [2.24, 2.45) is 4.99 Å². The smallest absolute Gasteiger partial charge is 0.357 e. The Morgan fingerprint density at radius 3 is 2.33 bits per heavy atom. The van der Waals surface area contributed by atoms with Crippen LogP contribution in [0.2, 0.25) is 0 Å². The highest BCUT2D eigenvalue weighted by molar-refractivity contribution is 7.89. The summed E-state index contributed by atoms with van der Waals surface area (Å²) in [6.07, 6.45) is -4.68. The normalized spacial score (nSPS) is 13.3. The maximum Gasteiger partial charge on any atom is 0.390 e. The predicted molar refractivity (Wildman–Crippen MR) is 76.7 cm³/mol. The van der Waals surface area contributed by atoms with Gasteiger partial charge < -0.3 is 10.6 Å². The van der Waals surface area contributed by atoms with E-state index in [2.05, 4.69) is 20.3 Å². The molecule has 0 aromatic carbocycles. The first-order valence-corrected chi connectivity index (χ1v) is 8.41. The van der Waals surface area contributed by atoms with E-state index in [4.69, 9.17) is 0 Å². The van der Waals surface area contributed by atoms with Gasteiger partial charge in [0.05, 0.1) is 12.2 Å². The maximum absolute atomic E-state index is 12.0. The number of hydrogen-bond donors (Lipinski definition) is 3. The number of nitrogens with zero attached hydrogens (tertiary/aromatic N) is 1. The second-order valence-corrected chi connectivity index (χ2v) is 6.30. The molecule has 0 amide bonds. The molecular formula is C11H23F3N4O2S. The Bertz CT molecular complexity index is 410. The molecule has 0 atom stereocenters. The van der Waals surface area contributed by atoms with Gasteiger partial charge in [0.25, 0.3) is 0 Å². The Kier molecular flexibility index (Phi) is 9.34. The molecule has 10 heteroatoms. The van der Waals surface area contributed by atoms with Gasteiger partial charge in [0, 0.05) is 26.2 Å². The number of nitrogens with one attached hydrogen (secondary N) is 3. The van der Waals surface area contributed by atoms with Crippen LogP contribution in [0.4, 0.5) is 13.2 Å². The topological polar surface area (TPSA) is 82.6 Å². The fourth-order valence-corrected chi connectivity index (χ4v) is 1.92. The SMILES string of the molecule is CCNC(=NCCCNS(=O)(=O)CC)NCCC(F)(F)F. The number of aliphatic imine (C=N–C) groups is 1. The van der Waals surface area contributed by atoms with Crippen LogP contribution in [-0.2, 0) is 10.0 Å². The van der Waals surface area contributed by atoms with Crippen LogP contribution in [0.5, 0.6) is 0 Å². The molecule has 0 saturated carbocycles. The van der Waals surface area contributed by atoms with E-state index in [0.29, 0.717) is 25.5 Å². The fraction of sp³-hybridized carbons (Fsp3) is 0.909. The van der Waals surface area contributed by atoms with Crippen molar-refractivity contribution in [2.45, 2.75) is 32.9 Å². The molecule has 6 nitrogen and oxygen atoms in total. The molecule has 0 radical (unpaired) electrons. The van der Waals surface area contributed by atoms with Crippen molar-refractivity contribution in [2.75, 3.05) is 31.9 Å². The Morgan fingerprint density at radius 1 is 1.14 bits per heavy atom. The molecule has 0 unspecified atom stereocenters. The summed E-state index contributed by atoms with van der Waals surface area (Å²) in [7, 11) is -3.22. The third-order valence-corrected chi connectivity index (χ3v) is 3.76. The van der Waals surface area contributed by atoms with Crippen molar-refractivity contribution in [3.63, 3.8) is 0 Å². The van der Waals surface area contributed by atoms with Crippen LogP contribution in [0.3, 0.4) is 0 Å².